The van der Waals surface area contributed by atoms with E-state index in [-0.39, 0.29) is 5.56 Å². The molecule has 90 valence electrons. The van der Waals surface area contributed by atoms with Crippen LogP contribution in [0.2, 0.25) is 0 Å². The highest BCUT2D eigenvalue weighted by atomic mass is 16.4. The third-order valence-corrected chi connectivity index (χ3v) is 2.16. The van der Waals surface area contributed by atoms with E-state index in [0.29, 0.717) is 0 Å². The van der Waals surface area contributed by atoms with Gasteiger partial charge < -0.3 is 15.9 Å². The minimum atomic E-state index is -2.47. The third kappa shape index (κ3) is 2.64. The normalized spacial score (nSPS) is 13.7. The summed E-state index contributed by atoms with van der Waals surface area (Å²) in [4.78, 5) is 37.0. The van der Waals surface area contributed by atoms with Crippen LogP contribution in [0.1, 0.15) is 16.8 Å². The number of pyridine rings is 1. The van der Waals surface area contributed by atoms with Crippen LogP contribution in [0.4, 0.5) is 0 Å². The highest BCUT2D eigenvalue weighted by Crippen LogP contribution is 2.15. The van der Waals surface area contributed by atoms with E-state index in [9.17, 15) is 14.4 Å². The van der Waals surface area contributed by atoms with Gasteiger partial charge >= 0.3 is 11.9 Å². The lowest BCUT2D eigenvalue weighted by Gasteiger charge is -2.20. The van der Waals surface area contributed by atoms with E-state index in [0.717, 1.165) is 0 Å². The fourth-order valence-electron chi connectivity index (χ4n) is 1.25. The van der Waals surface area contributed by atoms with E-state index < -0.39 is 29.7 Å². The van der Waals surface area contributed by atoms with Crippen LogP contribution >= 0.6 is 0 Å². The molecule has 0 aliphatic rings. The highest BCUT2D eigenvalue weighted by Gasteiger charge is 2.44. The van der Waals surface area contributed by atoms with E-state index in [1.54, 1.807) is 0 Å². The average molecular weight is 238 g/mol. The number of hydrogen-bond acceptors (Lipinski definition) is 5. The minimum Gasteiger partial charge on any atom is -0.481 e. The van der Waals surface area contributed by atoms with Gasteiger partial charge in [0.2, 0.25) is 0 Å². The molecular weight excluding hydrogens is 228 g/mol. The second-order valence-corrected chi connectivity index (χ2v) is 3.41. The number of carbonyl (C=O) groups excluding carboxylic acids is 1. The summed E-state index contributed by atoms with van der Waals surface area (Å²) >= 11 is 0. The van der Waals surface area contributed by atoms with Crippen molar-refractivity contribution in [3.05, 3.63) is 30.1 Å². The molecule has 17 heavy (non-hydrogen) atoms. The Balaban J connectivity index is 3.12. The van der Waals surface area contributed by atoms with Crippen molar-refractivity contribution in [2.45, 2.75) is 12.0 Å². The zero-order valence-electron chi connectivity index (χ0n) is 8.66. The molecule has 0 radical (unpaired) electrons. The van der Waals surface area contributed by atoms with E-state index in [1.165, 1.54) is 24.5 Å². The van der Waals surface area contributed by atoms with E-state index >= 15 is 0 Å². The van der Waals surface area contributed by atoms with Gasteiger partial charge in [-0.2, -0.15) is 0 Å². The predicted octanol–water partition coefficient (Wildman–Crippen LogP) is -0.479. The Bertz CT molecular complexity index is 459. The smallest absolute Gasteiger partial charge is 0.332 e. The van der Waals surface area contributed by atoms with Crippen LogP contribution in [0.25, 0.3) is 0 Å². The molecule has 1 heterocycles. The van der Waals surface area contributed by atoms with Crippen molar-refractivity contribution in [3.8, 4) is 0 Å². The van der Waals surface area contributed by atoms with Crippen LogP contribution < -0.4 is 5.73 Å². The molecule has 1 aromatic heterocycles. The quantitative estimate of drug-likeness (QED) is 0.466. The molecule has 0 unspecified atom stereocenters. The lowest BCUT2D eigenvalue weighted by Crippen LogP contribution is -2.56. The molecule has 0 aliphatic carbocycles. The van der Waals surface area contributed by atoms with Gasteiger partial charge in [0, 0.05) is 18.0 Å². The maximum absolute atomic E-state index is 11.8. The maximum atomic E-state index is 11.8. The van der Waals surface area contributed by atoms with Crippen LogP contribution in [0.15, 0.2) is 24.5 Å². The van der Waals surface area contributed by atoms with Gasteiger partial charge in [-0.1, -0.05) is 0 Å². The van der Waals surface area contributed by atoms with Crippen LogP contribution in [-0.2, 0) is 9.59 Å². The molecule has 0 bridgehead atoms. The molecule has 0 spiro atoms. The molecule has 1 aromatic rings. The molecule has 0 saturated heterocycles. The predicted molar refractivity (Wildman–Crippen MR) is 55.4 cm³/mol. The highest BCUT2D eigenvalue weighted by molar-refractivity contribution is 6.17. The number of aromatic nitrogens is 1. The third-order valence-electron chi connectivity index (χ3n) is 2.16. The van der Waals surface area contributed by atoms with Gasteiger partial charge in [0.1, 0.15) is 0 Å². The largest absolute Gasteiger partial charge is 0.481 e. The number of rotatable bonds is 5. The van der Waals surface area contributed by atoms with Gasteiger partial charge in [-0.25, -0.2) is 4.79 Å². The zero-order chi connectivity index (χ0) is 13.1. The fourth-order valence-corrected chi connectivity index (χ4v) is 1.25. The average Bonchev–Trinajstić information content (AvgIpc) is 2.28. The van der Waals surface area contributed by atoms with Crippen molar-refractivity contribution in [1.29, 1.82) is 0 Å². The molecule has 4 N–H and O–H groups in total. The zero-order valence-corrected chi connectivity index (χ0v) is 8.66. The first kappa shape index (κ1) is 12.8. The minimum absolute atomic E-state index is 0.00569. The van der Waals surface area contributed by atoms with Gasteiger partial charge in [-0.15, -0.1) is 0 Å². The first-order valence-electron chi connectivity index (χ1n) is 4.57. The second-order valence-electron chi connectivity index (χ2n) is 3.41. The molecule has 7 nitrogen and oxygen atoms in total. The SMILES string of the molecule is N[C@@](CC(=O)O)(C(=O)O)C(=O)c1ccncc1. The van der Waals surface area contributed by atoms with Crippen LogP contribution in [-0.4, -0.2) is 38.5 Å². The second kappa shape index (κ2) is 4.71. The number of nitrogens with zero attached hydrogens (tertiary/aromatic N) is 1. The van der Waals surface area contributed by atoms with Gasteiger partial charge in [-0.05, 0) is 12.1 Å². The first-order chi connectivity index (χ1) is 7.88. The van der Waals surface area contributed by atoms with Crippen molar-refractivity contribution < 1.29 is 24.6 Å². The Morgan fingerprint density at radius 2 is 1.76 bits per heavy atom. The monoisotopic (exact) mass is 238 g/mol. The Kier molecular flexibility index (Phi) is 3.54. The summed E-state index contributed by atoms with van der Waals surface area (Å²) in [5.41, 5.74) is 2.91. The number of carboxylic acid groups (broad SMARTS) is 2. The van der Waals surface area contributed by atoms with Gasteiger partial charge in [-0.3, -0.25) is 14.6 Å². The molecule has 1 rings (SSSR count). The fraction of sp³-hybridized carbons (Fsp3) is 0.200. The maximum Gasteiger partial charge on any atom is 0.332 e. The standard InChI is InChI=1S/C10H10N2O5/c11-10(9(16)17,5-7(13)14)8(15)6-1-3-12-4-2-6/h1-4H,5,11H2,(H,13,14)(H,16,17)/t10-/m1/s1. The molecular formula is C10H10N2O5. The number of Topliss-reactive ketones (excluding diaryl/α,β-unsaturated/α-hetero) is 1. The summed E-state index contributed by atoms with van der Waals surface area (Å²) in [6.07, 6.45) is 1.59. The van der Waals surface area contributed by atoms with Crippen LogP contribution in [0.5, 0.6) is 0 Å². The molecule has 0 saturated carbocycles. The summed E-state index contributed by atoms with van der Waals surface area (Å²) in [5, 5.41) is 17.5. The number of ketones is 1. The summed E-state index contributed by atoms with van der Waals surface area (Å²) in [6.45, 7) is 0. The molecule has 0 fully saturated rings. The number of hydrogen-bond donors (Lipinski definition) is 3. The van der Waals surface area contributed by atoms with E-state index in [2.05, 4.69) is 4.98 Å². The lowest BCUT2D eigenvalue weighted by molar-refractivity contribution is -0.147. The Morgan fingerprint density at radius 1 is 1.24 bits per heavy atom. The van der Waals surface area contributed by atoms with Crippen molar-refractivity contribution in [3.63, 3.8) is 0 Å². The van der Waals surface area contributed by atoms with Crippen molar-refractivity contribution >= 4 is 17.7 Å². The summed E-state index contributed by atoms with van der Waals surface area (Å²) in [7, 11) is 0. The Morgan fingerprint density at radius 3 is 2.18 bits per heavy atom. The number of aliphatic carboxylic acids is 2. The summed E-state index contributed by atoms with van der Waals surface area (Å²) in [5.74, 6) is -4.10. The molecule has 7 heteroatoms. The first-order valence-corrected chi connectivity index (χ1v) is 4.57. The molecule has 0 amide bonds. The Hall–Kier alpha value is -2.28. The van der Waals surface area contributed by atoms with Crippen molar-refractivity contribution in [2.75, 3.05) is 0 Å². The van der Waals surface area contributed by atoms with Gasteiger partial charge in [0.05, 0.1) is 6.42 Å². The van der Waals surface area contributed by atoms with E-state index in [1.807, 2.05) is 0 Å². The Labute approximate surface area is 95.9 Å². The molecule has 1 atom stereocenters. The number of nitrogens with two attached hydrogens (primary N) is 1. The van der Waals surface area contributed by atoms with Gasteiger partial charge in [0.15, 0.2) is 11.3 Å². The van der Waals surface area contributed by atoms with Crippen molar-refractivity contribution in [1.82, 2.24) is 4.98 Å². The summed E-state index contributed by atoms with van der Waals surface area (Å²) in [6, 6.07) is 2.55. The number of carboxylic acids is 2. The van der Waals surface area contributed by atoms with Gasteiger partial charge in [0.25, 0.3) is 0 Å². The number of carbonyl (C=O) groups is 3. The summed E-state index contributed by atoms with van der Waals surface area (Å²) < 4.78 is 0. The topological polar surface area (TPSA) is 131 Å². The van der Waals surface area contributed by atoms with Crippen LogP contribution in [0, 0.1) is 0 Å². The molecule has 0 aliphatic heterocycles. The lowest BCUT2D eigenvalue weighted by atomic mass is 9.87. The van der Waals surface area contributed by atoms with Crippen molar-refractivity contribution in [2.24, 2.45) is 5.73 Å². The molecule has 0 aromatic carbocycles. The van der Waals surface area contributed by atoms with E-state index in [4.69, 9.17) is 15.9 Å². The van der Waals surface area contributed by atoms with Crippen LogP contribution in [0.3, 0.4) is 0 Å².